The Labute approximate surface area is 212 Å². The average molecular weight is 488 g/mol. The first-order valence-corrected chi connectivity index (χ1v) is 12.5. The SMILES string of the molecule is CNC(=O)[C@H](Cc1ccccc1)N(Cc1ccc(C)cc1)C(=O)CCN1C(=O)[C@H]2CC=CC[C@H]2C1=O. The van der Waals surface area contributed by atoms with E-state index >= 15 is 0 Å². The molecule has 7 nitrogen and oxygen atoms in total. The molecule has 1 aliphatic carbocycles. The minimum absolute atomic E-state index is 0.0275. The van der Waals surface area contributed by atoms with Crippen LogP contribution in [-0.2, 0) is 32.1 Å². The van der Waals surface area contributed by atoms with E-state index in [0.717, 1.165) is 16.7 Å². The molecule has 188 valence electrons. The molecule has 0 unspecified atom stereocenters. The summed E-state index contributed by atoms with van der Waals surface area (Å²) in [6.07, 6.45) is 5.35. The number of nitrogens with zero attached hydrogens (tertiary/aromatic N) is 2. The first-order chi connectivity index (χ1) is 17.4. The third-order valence-electron chi connectivity index (χ3n) is 7.14. The lowest BCUT2D eigenvalue weighted by Gasteiger charge is -2.31. The number of rotatable bonds is 9. The fourth-order valence-corrected chi connectivity index (χ4v) is 5.05. The highest BCUT2D eigenvalue weighted by Crippen LogP contribution is 2.35. The number of hydrogen-bond acceptors (Lipinski definition) is 4. The van der Waals surface area contributed by atoms with Gasteiger partial charge in [-0.25, -0.2) is 0 Å². The normalized spacial score (nSPS) is 19.7. The minimum Gasteiger partial charge on any atom is -0.357 e. The number of likely N-dealkylation sites (N-methyl/N-ethyl adjacent to an activating group) is 1. The molecule has 2 aromatic rings. The number of imide groups is 1. The Kier molecular flexibility index (Phi) is 7.98. The van der Waals surface area contributed by atoms with Gasteiger partial charge in [0.25, 0.3) is 0 Å². The molecule has 0 bridgehead atoms. The summed E-state index contributed by atoms with van der Waals surface area (Å²) in [7, 11) is 1.56. The Bertz CT molecular complexity index is 1120. The van der Waals surface area contributed by atoms with E-state index < -0.39 is 6.04 Å². The molecule has 1 heterocycles. The fourth-order valence-electron chi connectivity index (χ4n) is 5.05. The molecule has 3 atom stereocenters. The van der Waals surface area contributed by atoms with Crippen LogP contribution >= 0.6 is 0 Å². The van der Waals surface area contributed by atoms with Crippen LogP contribution in [0.15, 0.2) is 66.7 Å². The number of hydrogen-bond donors (Lipinski definition) is 1. The lowest BCUT2D eigenvalue weighted by atomic mass is 9.85. The number of amides is 4. The maximum atomic E-state index is 13.6. The Morgan fingerprint density at radius 1 is 0.944 bits per heavy atom. The van der Waals surface area contributed by atoms with Crippen LogP contribution in [0.1, 0.15) is 36.0 Å². The second kappa shape index (κ2) is 11.3. The molecule has 1 saturated heterocycles. The van der Waals surface area contributed by atoms with Gasteiger partial charge in [0.05, 0.1) is 11.8 Å². The second-order valence-corrected chi connectivity index (χ2v) is 9.56. The lowest BCUT2D eigenvalue weighted by Crippen LogP contribution is -2.50. The van der Waals surface area contributed by atoms with E-state index in [1.54, 1.807) is 11.9 Å². The molecular weight excluding hydrogens is 454 g/mol. The zero-order chi connectivity index (χ0) is 25.7. The third kappa shape index (κ3) is 5.56. The van der Waals surface area contributed by atoms with Crippen molar-refractivity contribution in [2.24, 2.45) is 11.8 Å². The molecule has 0 saturated carbocycles. The highest BCUT2D eigenvalue weighted by molar-refractivity contribution is 6.05. The molecule has 2 aromatic carbocycles. The van der Waals surface area contributed by atoms with E-state index in [9.17, 15) is 19.2 Å². The van der Waals surface area contributed by atoms with Gasteiger partial charge in [0.2, 0.25) is 23.6 Å². The van der Waals surface area contributed by atoms with E-state index in [2.05, 4.69) is 5.32 Å². The number of fused-ring (bicyclic) bond motifs is 1. The van der Waals surface area contributed by atoms with Crippen molar-refractivity contribution in [3.05, 3.63) is 83.4 Å². The van der Waals surface area contributed by atoms with Crippen LogP contribution in [0.5, 0.6) is 0 Å². The Morgan fingerprint density at radius 2 is 1.56 bits per heavy atom. The Morgan fingerprint density at radius 3 is 2.14 bits per heavy atom. The van der Waals surface area contributed by atoms with Gasteiger partial charge in [-0.2, -0.15) is 0 Å². The van der Waals surface area contributed by atoms with Crippen LogP contribution in [0.3, 0.4) is 0 Å². The van der Waals surface area contributed by atoms with Gasteiger partial charge in [-0.1, -0.05) is 72.3 Å². The molecule has 2 aliphatic rings. The van der Waals surface area contributed by atoms with Gasteiger partial charge in [0.1, 0.15) is 6.04 Å². The largest absolute Gasteiger partial charge is 0.357 e. The monoisotopic (exact) mass is 487 g/mol. The quantitative estimate of drug-likeness (QED) is 0.435. The molecule has 7 heteroatoms. The van der Waals surface area contributed by atoms with Crippen molar-refractivity contribution in [3.63, 3.8) is 0 Å². The summed E-state index contributed by atoms with van der Waals surface area (Å²) in [5.41, 5.74) is 2.95. The summed E-state index contributed by atoms with van der Waals surface area (Å²) in [5, 5.41) is 2.70. The molecule has 0 radical (unpaired) electrons. The molecular formula is C29H33N3O4. The molecule has 36 heavy (non-hydrogen) atoms. The third-order valence-corrected chi connectivity index (χ3v) is 7.14. The van der Waals surface area contributed by atoms with Crippen LogP contribution in [0.2, 0.25) is 0 Å². The van der Waals surface area contributed by atoms with Crippen molar-refractivity contribution in [2.45, 2.75) is 45.2 Å². The van der Waals surface area contributed by atoms with Crippen molar-refractivity contribution >= 4 is 23.6 Å². The van der Waals surface area contributed by atoms with E-state index in [4.69, 9.17) is 0 Å². The smallest absolute Gasteiger partial charge is 0.242 e. The first kappa shape index (κ1) is 25.4. The van der Waals surface area contributed by atoms with Crippen molar-refractivity contribution in [2.75, 3.05) is 13.6 Å². The summed E-state index contributed by atoms with van der Waals surface area (Å²) in [5.74, 6) is -1.56. The van der Waals surface area contributed by atoms with Crippen LogP contribution in [0.25, 0.3) is 0 Å². The summed E-state index contributed by atoms with van der Waals surface area (Å²) in [6, 6.07) is 16.7. The van der Waals surface area contributed by atoms with Crippen LogP contribution < -0.4 is 5.32 Å². The van der Waals surface area contributed by atoms with E-state index in [-0.39, 0.29) is 55.0 Å². The second-order valence-electron chi connectivity index (χ2n) is 9.56. The maximum Gasteiger partial charge on any atom is 0.242 e. The molecule has 1 fully saturated rings. The number of carbonyl (C=O) groups is 4. The molecule has 1 aliphatic heterocycles. The van der Waals surface area contributed by atoms with Crippen molar-refractivity contribution in [1.29, 1.82) is 0 Å². The van der Waals surface area contributed by atoms with Gasteiger partial charge in [-0.15, -0.1) is 0 Å². The van der Waals surface area contributed by atoms with Gasteiger partial charge < -0.3 is 10.2 Å². The summed E-state index contributed by atoms with van der Waals surface area (Å²) < 4.78 is 0. The molecule has 1 N–H and O–H groups in total. The Balaban J connectivity index is 1.55. The zero-order valence-electron chi connectivity index (χ0n) is 20.9. The van der Waals surface area contributed by atoms with E-state index in [0.29, 0.717) is 19.3 Å². The van der Waals surface area contributed by atoms with Gasteiger partial charge >= 0.3 is 0 Å². The summed E-state index contributed by atoms with van der Waals surface area (Å²) in [4.78, 5) is 55.2. The topological polar surface area (TPSA) is 86.8 Å². The lowest BCUT2D eigenvalue weighted by molar-refractivity contribution is -0.144. The van der Waals surface area contributed by atoms with Gasteiger partial charge in [0.15, 0.2) is 0 Å². The predicted octanol–water partition coefficient (Wildman–Crippen LogP) is 3.02. The van der Waals surface area contributed by atoms with E-state index in [1.165, 1.54) is 4.90 Å². The Hall–Kier alpha value is -3.74. The highest BCUT2D eigenvalue weighted by atomic mass is 16.2. The fraction of sp³-hybridized carbons (Fsp3) is 0.379. The molecule has 4 amide bonds. The number of benzene rings is 2. The summed E-state index contributed by atoms with van der Waals surface area (Å²) >= 11 is 0. The van der Waals surface area contributed by atoms with Crippen LogP contribution in [0, 0.1) is 18.8 Å². The molecule has 0 aromatic heterocycles. The molecule has 4 rings (SSSR count). The maximum absolute atomic E-state index is 13.6. The minimum atomic E-state index is -0.733. The van der Waals surface area contributed by atoms with Gasteiger partial charge in [0, 0.05) is 33.0 Å². The number of carbonyl (C=O) groups excluding carboxylic acids is 4. The van der Waals surface area contributed by atoms with Crippen molar-refractivity contribution in [1.82, 2.24) is 15.1 Å². The number of aryl methyl sites for hydroxylation is 1. The number of nitrogens with one attached hydrogen (secondary N) is 1. The predicted molar refractivity (Wildman–Crippen MR) is 136 cm³/mol. The highest BCUT2D eigenvalue weighted by Gasteiger charge is 2.47. The number of allylic oxidation sites excluding steroid dienone is 2. The van der Waals surface area contributed by atoms with E-state index in [1.807, 2.05) is 73.7 Å². The van der Waals surface area contributed by atoms with Gasteiger partial charge in [-0.05, 0) is 30.9 Å². The van der Waals surface area contributed by atoms with Crippen LogP contribution in [0.4, 0.5) is 0 Å². The van der Waals surface area contributed by atoms with Crippen molar-refractivity contribution < 1.29 is 19.2 Å². The zero-order valence-corrected chi connectivity index (χ0v) is 20.9. The number of likely N-dealkylation sites (tertiary alicyclic amines) is 1. The standard InChI is InChI=1S/C29H33N3O4/c1-20-12-14-22(15-13-20)19-32(25(27(34)30-2)18-21-8-4-3-5-9-21)26(33)16-17-31-28(35)23-10-6-7-11-24(23)29(31)36/h3-9,12-15,23-25H,10-11,16-19H2,1-2H3,(H,30,34)/t23-,24+,25-/m0/s1. The van der Waals surface area contributed by atoms with Crippen LogP contribution in [-0.4, -0.2) is 53.1 Å². The average Bonchev–Trinajstić information content (AvgIpc) is 3.15. The first-order valence-electron chi connectivity index (χ1n) is 12.5. The van der Waals surface area contributed by atoms with Gasteiger partial charge in [-0.3, -0.25) is 24.1 Å². The van der Waals surface area contributed by atoms with Crippen molar-refractivity contribution in [3.8, 4) is 0 Å². The summed E-state index contributed by atoms with van der Waals surface area (Å²) in [6.45, 7) is 2.27. The molecule has 0 spiro atoms.